The van der Waals surface area contributed by atoms with Crippen LogP contribution in [0, 0.1) is 6.92 Å². The first kappa shape index (κ1) is 11.6. The van der Waals surface area contributed by atoms with Crippen molar-refractivity contribution < 1.29 is 8.42 Å². The van der Waals surface area contributed by atoms with Crippen LogP contribution in [0.2, 0.25) is 0 Å². The third-order valence-electron chi connectivity index (χ3n) is 2.70. The van der Waals surface area contributed by atoms with E-state index in [9.17, 15) is 8.42 Å². The molecule has 90 valence electrons. The molecular formula is C9H16N4O2S. The summed E-state index contributed by atoms with van der Waals surface area (Å²) in [5.41, 5.74) is 1.52. The van der Waals surface area contributed by atoms with Gasteiger partial charge in [0.05, 0.1) is 0 Å². The molecule has 0 atom stereocenters. The van der Waals surface area contributed by atoms with Crippen LogP contribution in [0.1, 0.15) is 24.1 Å². The summed E-state index contributed by atoms with van der Waals surface area (Å²) in [7, 11) is -2.08. The highest BCUT2D eigenvalue weighted by atomic mass is 32.2. The Hall–Kier alpha value is -0.920. The summed E-state index contributed by atoms with van der Waals surface area (Å²) >= 11 is 0. The van der Waals surface area contributed by atoms with Crippen LogP contribution in [0.3, 0.4) is 0 Å². The van der Waals surface area contributed by atoms with Gasteiger partial charge in [-0.2, -0.15) is 5.10 Å². The maximum Gasteiger partial charge on any atom is 0.259 e. The van der Waals surface area contributed by atoms with E-state index >= 15 is 0 Å². The Morgan fingerprint density at radius 2 is 2.19 bits per heavy atom. The van der Waals surface area contributed by atoms with Gasteiger partial charge in [-0.25, -0.2) is 13.1 Å². The van der Waals surface area contributed by atoms with E-state index in [2.05, 4.69) is 20.2 Å². The van der Waals surface area contributed by atoms with Crippen LogP contribution in [0.5, 0.6) is 0 Å². The van der Waals surface area contributed by atoms with Crippen molar-refractivity contribution in [3.63, 3.8) is 0 Å². The lowest BCUT2D eigenvalue weighted by molar-refractivity contribution is 0.580. The molecular weight excluding hydrogens is 228 g/mol. The minimum absolute atomic E-state index is 0.0978. The van der Waals surface area contributed by atoms with Gasteiger partial charge in [0, 0.05) is 23.8 Å². The van der Waals surface area contributed by atoms with E-state index in [-0.39, 0.29) is 5.03 Å². The molecule has 1 fully saturated rings. The van der Waals surface area contributed by atoms with Crippen molar-refractivity contribution in [2.75, 3.05) is 7.05 Å². The Morgan fingerprint density at radius 1 is 1.50 bits per heavy atom. The Bertz CT molecular complexity index is 476. The van der Waals surface area contributed by atoms with Crippen molar-refractivity contribution >= 4 is 10.0 Å². The van der Waals surface area contributed by atoms with E-state index in [1.54, 1.807) is 0 Å². The van der Waals surface area contributed by atoms with Crippen LogP contribution in [-0.2, 0) is 16.6 Å². The van der Waals surface area contributed by atoms with Crippen molar-refractivity contribution in [3.8, 4) is 0 Å². The molecule has 7 heteroatoms. The molecule has 0 aromatic carbocycles. The molecule has 0 spiro atoms. The number of nitrogens with one attached hydrogen (secondary N) is 3. The van der Waals surface area contributed by atoms with Crippen LogP contribution in [0.15, 0.2) is 5.03 Å². The molecule has 1 heterocycles. The molecule has 2 rings (SSSR count). The second kappa shape index (κ2) is 4.15. The van der Waals surface area contributed by atoms with Crippen molar-refractivity contribution in [2.45, 2.75) is 37.4 Å². The largest absolute Gasteiger partial charge is 0.310 e. The minimum atomic E-state index is -3.47. The quantitative estimate of drug-likeness (QED) is 0.674. The van der Waals surface area contributed by atoms with Crippen LogP contribution in [0.25, 0.3) is 0 Å². The second-order valence-electron chi connectivity index (χ2n) is 4.00. The summed E-state index contributed by atoms with van der Waals surface area (Å²) in [5.74, 6) is 0. The molecule has 1 aliphatic carbocycles. The fraction of sp³-hybridized carbons (Fsp3) is 0.667. The van der Waals surface area contributed by atoms with Gasteiger partial charge in [0.15, 0.2) is 5.03 Å². The van der Waals surface area contributed by atoms with Crippen LogP contribution in [-0.4, -0.2) is 31.7 Å². The second-order valence-corrected chi connectivity index (χ2v) is 5.80. The molecule has 16 heavy (non-hydrogen) atoms. The third-order valence-corrected chi connectivity index (χ3v) is 4.09. The Balaban J connectivity index is 2.23. The number of hydrogen-bond acceptors (Lipinski definition) is 4. The topological polar surface area (TPSA) is 86.9 Å². The summed E-state index contributed by atoms with van der Waals surface area (Å²) < 4.78 is 25.6. The third kappa shape index (κ3) is 2.26. The number of hydrogen-bond donors (Lipinski definition) is 3. The molecule has 3 N–H and O–H groups in total. The van der Waals surface area contributed by atoms with Gasteiger partial charge in [-0.1, -0.05) is 0 Å². The van der Waals surface area contributed by atoms with E-state index in [1.165, 1.54) is 19.9 Å². The van der Waals surface area contributed by atoms with Gasteiger partial charge in [-0.3, -0.25) is 5.10 Å². The number of aryl methyl sites for hydroxylation is 1. The number of aromatic amines is 1. The maximum absolute atomic E-state index is 11.7. The summed E-state index contributed by atoms with van der Waals surface area (Å²) in [5, 5.41) is 9.94. The molecule has 0 amide bonds. The van der Waals surface area contributed by atoms with Gasteiger partial charge in [0.1, 0.15) is 0 Å². The zero-order chi connectivity index (χ0) is 11.8. The standard InChI is InChI=1S/C9H16N4O2S/c1-6-8(5-11-7-3-4-7)9(13-12-6)16(14,15)10-2/h7,10-11H,3-5H2,1-2H3,(H,12,13). The number of sulfonamides is 1. The van der Waals surface area contributed by atoms with Crippen LogP contribution < -0.4 is 10.0 Å². The van der Waals surface area contributed by atoms with Crippen LogP contribution >= 0.6 is 0 Å². The first-order chi connectivity index (χ1) is 7.54. The molecule has 1 aromatic heterocycles. The molecule has 0 bridgehead atoms. The Kier molecular flexibility index (Phi) is 3.00. The predicted octanol–water partition coefficient (Wildman–Crippen LogP) is -0.122. The maximum atomic E-state index is 11.7. The lowest BCUT2D eigenvalue weighted by Crippen LogP contribution is -2.23. The van der Waals surface area contributed by atoms with Gasteiger partial charge in [0.25, 0.3) is 10.0 Å². The summed E-state index contributed by atoms with van der Waals surface area (Å²) in [6, 6.07) is 0.541. The van der Waals surface area contributed by atoms with E-state index in [4.69, 9.17) is 0 Å². The van der Waals surface area contributed by atoms with Gasteiger partial charge in [-0.05, 0) is 26.8 Å². The lowest BCUT2D eigenvalue weighted by Gasteiger charge is -2.05. The van der Waals surface area contributed by atoms with Crippen LogP contribution in [0.4, 0.5) is 0 Å². The molecule has 1 saturated carbocycles. The van der Waals surface area contributed by atoms with Crippen molar-refractivity contribution in [2.24, 2.45) is 0 Å². The number of aromatic nitrogens is 2. The van der Waals surface area contributed by atoms with Crippen molar-refractivity contribution in [1.29, 1.82) is 0 Å². The summed E-state index contributed by atoms with van der Waals surface area (Å²) in [6.45, 7) is 2.37. The SMILES string of the molecule is CNS(=O)(=O)c1n[nH]c(C)c1CNC1CC1. The highest BCUT2D eigenvalue weighted by molar-refractivity contribution is 7.89. The summed E-state index contributed by atoms with van der Waals surface area (Å²) in [4.78, 5) is 0. The van der Waals surface area contributed by atoms with Gasteiger partial charge in [-0.15, -0.1) is 0 Å². The average Bonchev–Trinajstić information content (AvgIpc) is 3.00. The first-order valence-electron chi connectivity index (χ1n) is 5.25. The number of rotatable bonds is 5. The lowest BCUT2D eigenvalue weighted by atomic mass is 10.2. The average molecular weight is 244 g/mol. The van der Waals surface area contributed by atoms with E-state index < -0.39 is 10.0 Å². The molecule has 6 nitrogen and oxygen atoms in total. The zero-order valence-electron chi connectivity index (χ0n) is 9.37. The minimum Gasteiger partial charge on any atom is -0.310 e. The molecule has 1 aromatic rings. The smallest absolute Gasteiger partial charge is 0.259 e. The highest BCUT2D eigenvalue weighted by Crippen LogP contribution is 2.21. The van der Waals surface area contributed by atoms with Crippen molar-refractivity contribution in [1.82, 2.24) is 20.2 Å². The Morgan fingerprint density at radius 3 is 2.75 bits per heavy atom. The Labute approximate surface area is 94.9 Å². The molecule has 0 unspecified atom stereocenters. The normalized spacial score (nSPS) is 16.6. The molecule has 1 aliphatic rings. The van der Waals surface area contributed by atoms with Gasteiger partial charge >= 0.3 is 0 Å². The monoisotopic (exact) mass is 244 g/mol. The van der Waals surface area contributed by atoms with E-state index in [1.807, 2.05) is 6.92 Å². The number of H-pyrrole nitrogens is 1. The molecule has 0 radical (unpaired) electrons. The van der Waals surface area contributed by atoms with Gasteiger partial charge < -0.3 is 5.32 Å². The fourth-order valence-corrected chi connectivity index (χ4v) is 2.40. The highest BCUT2D eigenvalue weighted by Gasteiger charge is 2.25. The predicted molar refractivity (Wildman–Crippen MR) is 59.4 cm³/mol. The van der Waals surface area contributed by atoms with E-state index in [0.29, 0.717) is 12.6 Å². The molecule has 0 aliphatic heterocycles. The van der Waals surface area contributed by atoms with Crippen molar-refractivity contribution in [3.05, 3.63) is 11.3 Å². The number of nitrogens with zero attached hydrogens (tertiary/aromatic N) is 1. The first-order valence-corrected chi connectivity index (χ1v) is 6.73. The molecule has 0 saturated heterocycles. The zero-order valence-corrected chi connectivity index (χ0v) is 10.2. The summed E-state index contributed by atoms with van der Waals surface area (Å²) in [6.07, 6.45) is 2.34. The van der Waals surface area contributed by atoms with Gasteiger partial charge in [0.2, 0.25) is 0 Å². The fourth-order valence-electron chi connectivity index (χ4n) is 1.49. The van der Waals surface area contributed by atoms with E-state index in [0.717, 1.165) is 11.3 Å².